The van der Waals surface area contributed by atoms with Gasteiger partial charge in [-0.25, -0.2) is 0 Å². The molecule has 2 N–H and O–H groups in total. The highest BCUT2D eigenvalue weighted by molar-refractivity contribution is 5.99. The minimum atomic E-state index is -0.452. The van der Waals surface area contributed by atoms with Crippen LogP contribution in [-0.2, 0) is 15.0 Å². The number of hydrogen-bond acceptors (Lipinski definition) is 3. The number of para-hydroxylation sites is 1. The van der Waals surface area contributed by atoms with Gasteiger partial charge in [0.1, 0.15) is 18.2 Å². The number of carbonyl (C=O) groups is 2. The summed E-state index contributed by atoms with van der Waals surface area (Å²) in [6.45, 7) is 12.5. The summed E-state index contributed by atoms with van der Waals surface area (Å²) in [6, 6.07) is 7.33. The van der Waals surface area contributed by atoms with Gasteiger partial charge in [0.15, 0.2) is 0 Å². The predicted octanol–water partition coefficient (Wildman–Crippen LogP) is 3.03. The van der Waals surface area contributed by atoms with Crippen molar-refractivity contribution in [1.82, 2.24) is 10.2 Å². The number of hydrogen-bond donors (Lipinski definition) is 2. The lowest BCUT2D eigenvalue weighted by atomic mass is 9.60. The summed E-state index contributed by atoms with van der Waals surface area (Å²) in [7, 11) is 0. The van der Waals surface area contributed by atoms with Gasteiger partial charge in [0.2, 0.25) is 11.8 Å². The number of carbonyl (C=O) groups excluding carboxylic acids is 2. The normalized spacial score (nSPS) is 32.9. The molecule has 0 spiro atoms. The summed E-state index contributed by atoms with van der Waals surface area (Å²) in [4.78, 5) is 28.3. The Kier molecular flexibility index (Phi) is 3.92. The van der Waals surface area contributed by atoms with Crippen LogP contribution in [0.25, 0.3) is 0 Å². The number of nitrogens with zero attached hydrogens (tertiary/aromatic N) is 1. The minimum absolute atomic E-state index is 0.0287. The van der Waals surface area contributed by atoms with Crippen LogP contribution in [-0.4, -0.2) is 35.0 Å². The number of rotatable bonds is 4. The molecule has 0 aliphatic carbocycles. The Labute approximate surface area is 161 Å². The van der Waals surface area contributed by atoms with Gasteiger partial charge in [0.05, 0.1) is 0 Å². The number of benzene rings is 1. The van der Waals surface area contributed by atoms with Gasteiger partial charge in [-0.3, -0.25) is 9.59 Å². The van der Waals surface area contributed by atoms with Gasteiger partial charge in [0, 0.05) is 11.1 Å². The first kappa shape index (κ1) is 18.1. The van der Waals surface area contributed by atoms with E-state index in [-0.39, 0.29) is 34.7 Å². The van der Waals surface area contributed by atoms with Crippen molar-refractivity contribution in [2.24, 2.45) is 11.3 Å². The maximum Gasteiger partial charge on any atom is 0.247 e. The third-order valence-corrected chi connectivity index (χ3v) is 7.29. The standard InChI is InChI=1S/C22H29N3O2/c1-6-13(3)17-19(27)25-16(18(26)24-17)12-22(21(4,5)7-2)14-10-8-9-11-15(14)23-20(22)25/h7-11,13,16-17,20,23H,2,6,12H2,1,3-5H3,(H,24,26)/t13-,16-,17+,20-,22+/m0/s1. The zero-order valence-corrected chi connectivity index (χ0v) is 16.6. The van der Waals surface area contributed by atoms with Gasteiger partial charge < -0.3 is 15.5 Å². The molecule has 1 aromatic carbocycles. The summed E-state index contributed by atoms with van der Waals surface area (Å²) < 4.78 is 0. The average molecular weight is 367 g/mol. The third kappa shape index (κ3) is 2.17. The molecule has 144 valence electrons. The van der Waals surface area contributed by atoms with Crippen molar-refractivity contribution in [2.45, 2.75) is 64.2 Å². The molecule has 27 heavy (non-hydrogen) atoms. The molecule has 1 aromatic rings. The fourth-order valence-electron chi connectivity index (χ4n) is 5.27. The largest absolute Gasteiger partial charge is 0.364 e. The van der Waals surface area contributed by atoms with Crippen molar-refractivity contribution >= 4 is 17.5 Å². The number of anilines is 1. The maximum atomic E-state index is 13.4. The van der Waals surface area contributed by atoms with Crippen LogP contribution in [0.2, 0.25) is 0 Å². The van der Waals surface area contributed by atoms with Crippen molar-refractivity contribution in [3.8, 4) is 0 Å². The summed E-state index contributed by atoms with van der Waals surface area (Å²) in [6.07, 6.45) is 3.18. The van der Waals surface area contributed by atoms with E-state index in [1.807, 2.05) is 30.0 Å². The number of amides is 2. The van der Waals surface area contributed by atoms with E-state index >= 15 is 0 Å². The molecule has 2 saturated heterocycles. The van der Waals surface area contributed by atoms with Gasteiger partial charge in [-0.05, 0) is 29.4 Å². The Bertz CT molecular complexity index is 818. The van der Waals surface area contributed by atoms with Crippen LogP contribution in [0.15, 0.2) is 36.9 Å². The smallest absolute Gasteiger partial charge is 0.247 e. The van der Waals surface area contributed by atoms with Crippen LogP contribution >= 0.6 is 0 Å². The Morgan fingerprint density at radius 2 is 2.04 bits per heavy atom. The second kappa shape index (κ2) is 5.85. The highest BCUT2D eigenvalue weighted by atomic mass is 16.2. The highest BCUT2D eigenvalue weighted by Crippen LogP contribution is 2.60. The van der Waals surface area contributed by atoms with E-state index in [1.54, 1.807) is 0 Å². The van der Waals surface area contributed by atoms with Crippen LogP contribution < -0.4 is 10.6 Å². The molecule has 0 aromatic heterocycles. The Morgan fingerprint density at radius 3 is 2.70 bits per heavy atom. The van der Waals surface area contributed by atoms with E-state index in [0.717, 1.165) is 12.1 Å². The van der Waals surface area contributed by atoms with Crippen molar-refractivity contribution in [3.63, 3.8) is 0 Å². The van der Waals surface area contributed by atoms with E-state index in [0.29, 0.717) is 6.42 Å². The first-order chi connectivity index (χ1) is 12.8. The number of allylic oxidation sites excluding steroid dienone is 1. The fraction of sp³-hybridized carbons (Fsp3) is 0.545. The van der Waals surface area contributed by atoms with E-state index < -0.39 is 12.1 Å². The molecule has 5 atom stereocenters. The van der Waals surface area contributed by atoms with E-state index in [2.05, 4.69) is 50.1 Å². The Balaban J connectivity index is 1.86. The van der Waals surface area contributed by atoms with E-state index in [4.69, 9.17) is 0 Å². The highest BCUT2D eigenvalue weighted by Gasteiger charge is 2.67. The predicted molar refractivity (Wildman–Crippen MR) is 106 cm³/mol. The van der Waals surface area contributed by atoms with Crippen molar-refractivity contribution in [1.29, 1.82) is 0 Å². The van der Waals surface area contributed by atoms with Crippen LogP contribution in [0.4, 0.5) is 5.69 Å². The molecule has 2 amide bonds. The molecule has 0 bridgehead atoms. The number of piperazine rings is 1. The summed E-state index contributed by atoms with van der Waals surface area (Å²) in [5, 5.41) is 6.59. The molecule has 3 aliphatic heterocycles. The lowest BCUT2D eigenvalue weighted by Crippen LogP contribution is -2.65. The van der Waals surface area contributed by atoms with Gasteiger partial charge in [-0.15, -0.1) is 6.58 Å². The molecular weight excluding hydrogens is 338 g/mol. The first-order valence-corrected chi connectivity index (χ1v) is 9.90. The molecule has 4 rings (SSSR count). The zero-order valence-electron chi connectivity index (χ0n) is 16.6. The fourth-order valence-corrected chi connectivity index (χ4v) is 5.27. The van der Waals surface area contributed by atoms with Crippen LogP contribution in [0, 0.1) is 11.3 Å². The topological polar surface area (TPSA) is 61.4 Å². The zero-order chi connectivity index (χ0) is 19.6. The Hall–Kier alpha value is -2.30. The van der Waals surface area contributed by atoms with Gasteiger partial charge >= 0.3 is 0 Å². The molecule has 3 heterocycles. The minimum Gasteiger partial charge on any atom is -0.364 e. The molecule has 0 unspecified atom stereocenters. The molecule has 2 fully saturated rings. The lowest BCUT2D eigenvalue weighted by molar-refractivity contribution is -0.150. The maximum absolute atomic E-state index is 13.4. The summed E-state index contributed by atoms with van der Waals surface area (Å²) >= 11 is 0. The Morgan fingerprint density at radius 1 is 1.33 bits per heavy atom. The average Bonchev–Trinajstić information content (AvgIpc) is 3.17. The van der Waals surface area contributed by atoms with Crippen LogP contribution in [0.5, 0.6) is 0 Å². The summed E-state index contributed by atoms with van der Waals surface area (Å²) in [5.74, 6) is 0.0994. The quantitative estimate of drug-likeness (QED) is 0.804. The summed E-state index contributed by atoms with van der Waals surface area (Å²) in [5.41, 5.74) is 1.55. The van der Waals surface area contributed by atoms with Crippen LogP contribution in [0.1, 0.15) is 46.1 Å². The third-order valence-electron chi connectivity index (χ3n) is 7.29. The van der Waals surface area contributed by atoms with Gasteiger partial charge in [0.25, 0.3) is 0 Å². The molecule has 5 heteroatoms. The van der Waals surface area contributed by atoms with Crippen molar-refractivity contribution in [2.75, 3.05) is 5.32 Å². The van der Waals surface area contributed by atoms with E-state index in [1.165, 1.54) is 5.56 Å². The van der Waals surface area contributed by atoms with E-state index in [9.17, 15) is 9.59 Å². The van der Waals surface area contributed by atoms with Crippen molar-refractivity contribution in [3.05, 3.63) is 42.5 Å². The molecule has 0 radical (unpaired) electrons. The van der Waals surface area contributed by atoms with Gasteiger partial charge in [-0.2, -0.15) is 0 Å². The van der Waals surface area contributed by atoms with Crippen molar-refractivity contribution < 1.29 is 9.59 Å². The molecular formula is C22H29N3O2. The van der Waals surface area contributed by atoms with Gasteiger partial charge in [-0.1, -0.05) is 58.4 Å². The second-order valence-corrected chi connectivity index (χ2v) is 8.83. The number of fused-ring (bicyclic) bond motifs is 5. The molecule has 3 aliphatic rings. The monoisotopic (exact) mass is 367 g/mol. The van der Waals surface area contributed by atoms with Crippen LogP contribution in [0.3, 0.4) is 0 Å². The first-order valence-electron chi connectivity index (χ1n) is 9.90. The molecule has 0 saturated carbocycles. The second-order valence-electron chi connectivity index (χ2n) is 8.83. The SMILES string of the molecule is C=CC(C)(C)[C@@]12C[C@H]3C(=O)N[C@H]([C@@H](C)CC)C(=O)N3[C@@H]1Nc1ccccc12. The number of nitrogens with one attached hydrogen (secondary N) is 2. The lowest BCUT2D eigenvalue weighted by Gasteiger charge is -2.44. The molecule has 5 nitrogen and oxygen atoms in total.